The van der Waals surface area contributed by atoms with E-state index in [0.29, 0.717) is 5.92 Å². The van der Waals surface area contributed by atoms with E-state index in [1.165, 1.54) is 0 Å². The number of nitrogens with two attached hydrogens (primary N) is 1. The first-order valence-corrected chi connectivity index (χ1v) is 6.86. The first kappa shape index (κ1) is 13.1. The zero-order valence-electron chi connectivity index (χ0n) is 9.00. The number of furan rings is 1. The number of hydrogen-bond acceptors (Lipinski definition) is 4. The zero-order chi connectivity index (χ0) is 11.3. The molecule has 15 heavy (non-hydrogen) atoms. The lowest BCUT2D eigenvalue weighted by atomic mass is 10.3. The van der Waals surface area contributed by atoms with Crippen molar-refractivity contribution in [2.75, 3.05) is 11.5 Å². The predicted octanol–water partition coefficient (Wildman–Crippen LogP) is 2.94. The van der Waals surface area contributed by atoms with Gasteiger partial charge in [0.25, 0.3) is 0 Å². The molecule has 0 aromatic carbocycles. The molecule has 0 spiro atoms. The minimum Gasteiger partial charge on any atom is -0.466 e. The Morgan fingerprint density at radius 1 is 1.53 bits per heavy atom. The van der Waals surface area contributed by atoms with Crippen molar-refractivity contribution in [1.82, 2.24) is 5.43 Å². The Morgan fingerprint density at radius 3 is 2.73 bits per heavy atom. The van der Waals surface area contributed by atoms with Gasteiger partial charge >= 0.3 is 0 Å². The Hall–Kier alpha value is 0.0300. The molecular formula is C10H17BrN2OS. The van der Waals surface area contributed by atoms with Crippen molar-refractivity contribution in [3.05, 3.63) is 22.6 Å². The summed E-state index contributed by atoms with van der Waals surface area (Å²) in [6.45, 7) is 4.42. The quantitative estimate of drug-likeness (QED) is 0.625. The van der Waals surface area contributed by atoms with Crippen molar-refractivity contribution in [2.24, 2.45) is 11.8 Å². The van der Waals surface area contributed by atoms with Gasteiger partial charge in [0.05, 0.1) is 16.8 Å². The van der Waals surface area contributed by atoms with Crippen LogP contribution in [-0.2, 0) is 0 Å². The van der Waals surface area contributed by atoms with E-state index in [4.69, 9.17) is 10.3 Å². The Balaban J connectivity index is 2.46. The number of nitrogens with one attached hydrogen (secondary N) is 1. The summed E-state index contributed by atoms with van der Waals surface area (Å²) >= 11 is 5.31. The lowest BCUT2D eigenvalue weighted by molar-refractivity contribution is 0.438. The second-order valence-corrected chi connectivity index (χ2v) is 5.71. The molecule has 0 aliphatic heterocycles. The molecule has 86 valence electrons. The van der Waals surface area contributed by atoms with Crippen LogP contribution in [0.2, 0.25) is 0 Å². The molecule has 0 aliphatic rings. The van der Waals surface area contributed by atoms with Crippen molar-refractivity contribution in [3.63, 3.8) is 0 Å². The molecule has 1 aromatic heterocycles. The highest BCUT2D eigenvalue weighted by Crippen LogP contribution is 2.26. The van der Waals surface area contributed by atoms with E-state index in [-0.39, 0.29) is 6.04 Å². The maximum Gasteiger partial charge on any atom is 0.137 e. The van der Waals surface area contributed by atoms with Crippen LogP contribution < -0.4 is 11.3 Å². The average Bonchev–Trinajstić information content (AvgIpc) is 2.59. The van der Waals surface area contributed by atoms with Gasteiger partial charge in [0, 0.05) is 5.75 Å². The Morgan fingerprint density at radius 2 is 2.27 bits per heavy atom. The summed E-state index contributed by atoms with van der Waals surface area (Å²) < 4.78 is 6.34. The topological polar surface area (TPSA) is 51.2 Å². The van der Waals surface area contributed by atoms with Crippen LogP contribution in [-0.4, -0.2) is 11.5 Å². The van der Waals surface area contributed by atoms with Crippen LogP contribution >= 0.6 is 27.7 Å². The molecule has 0 fully saturated rings. The van der Waals surface area contributed by atoms with Crippen LogP contribution in [0.1, 0.15) is 25.6 Å². The van der Waals surface area contributed by atoms with Crippen LogP contribution in [0.3, 0.4) is 0 Å². The van der Waals surface area contributed by atoms with E-state index in [1.807, 2.05) is 17.8 Å². The second kappa shape index (κ2) is 6.58. The van der Waals surface area contributed by atoms with Crippen LogP contribution in [0.5, 0.6) is 0 Å². The monoisotopic (exact) mass is 292 g/mol. The molecular weight excluding hydrogens is 276 g/mol. The highest BCUT2D eigenvalue weighted by Gasteiger charge is 2.16. The van der Waals surface area contributed by atoms with Crippen molar-refractivity contribution in [3.8, 4) is 0 Å². The minimum atomic E-state index is 0.0677. The summed E-state index contributed by atoms with van der Waals surface area (Å²) in [4.78, 5) is 0. The zero-order valence-corrected chi connectivity index (χ0v) is 11.4. The molecule has 1 aromatic rings. The Labute approximate surface area is 103 Å². The van der Waals surface area contributed by atoms with E-state index in [0.717, 1.165) is 21.7 Å². The highest BCUT2D eigenvalue weighted by molar-refractivity contribution is 9.10. The van der Waals surface area contributed by atoms with Gasteiger partial charge < -0.3 is 4.42 Å². The summed E-state index contributed by atoms with van der Waals surface area (Å²) in [7, 11) is 0. The van der Waals surface area contributed by atoms with Gasteiger partial charge in [0.2, 0.25) is 0 Å². The normalized spacial score (nSPS) is 13.4. The fraction of sp³-hybridized carbons (Fsp3) is 0.600. The van der Waals surface area contributed by atoms with Gasteiger partial charge in [0.15, 0.2) is 0 Å². The summed E-state index contributed by atoms with van der Waals surface area (Å²) in [6.07, 6.45) is 1.66. The highest BCUT2D eigenvalue weighted by atomic mass is 79.9. The van der Waals surface area contributed by atoms with Crippen molar-refractivity contribution in [2.45, 2.75) is 19.9 Å². The van der Waals surface area contributed by atoms with Gasteiger partial charge in [-0.3, -0.25) is 5.84 Å². The average molecular weight is 293 g/mol. The summed E-state index contributed by atoms with van der Waals surface area (Å²) in [5.41, 5.74) is 2.77. The molecule has 0 bridgehead atoms. The maximum atomic E-state index is 5.51. The van der Waals surface area contributed by atoms with Gasteiger partial charge in [-0.05, 0) is 33.7 Å². The van der Waals surface area contributed by atoms with E-state index in [9.17, 15) is 0 Å². The third kappa shape index (κ3) is 4.18. The van der Waals surface area contributed by atoms with Crippen LogP contribution in [0.4, 0.5) is 0 Å². The number of hydrogen-bond donors (Lipinski definition) is 2. The lowest BCUT2D eigenvalue weighted by Crippen LogP contribution is -2.29. The molecule has 0 radical (unpaired) electrons. The number of thioether (sulfide) groups is 1. The van der Waals surface area contributed by atoms with Crippen molar-refractivity contribution >= 4 is 27.7 Å². The predicted molar refractivity (Wildman–Crippen MR) is 68.6 cm³/mol. The van der Waals surface area contributed by atoms with Crippen molar-refractivity contribution in [1.29, 1.82) is 0 Å². The van der Waals surface area contributed by atoms with Gasteiger partial charge in [-0.25, -0.2) is 5.43 Å². The molecule has 0 saturated heterocycles. The van der Waals surface area contributed by atoms with Gasteiger partial charge in [-0.2, -0.15) is 11.8 Å². The minimum absolute atomic E-state index is 0.0677. The fourth-order valence-corrected chi connectivity index (χ4v) is 2.74. The summed E-state index contributed by atoms with van der Waals surface area (Å²) in [5.74, 6) is 9.13. The van der Waals surface area contributed by atoms with E-state index in [1.54, 1.807) is 6.26 Å². The lowest BCUT2D eigenvalue weighted by Gasteiger charge is -2.14. The number of hydrazine groups is 1. The van der Waals surface area contributed by atoms with Crippen LogP contribution in [0.25, 0.3) is 0 Å². The molecule has 3 nitrogen and oxygen atoms in total. The molecule has 1 rings (SSSR count). The first-order valence-electron chi connectivity index (χ1n) is 4.92. The van der Waals surface area contributed by atoms with Gasteiger partial charge in [-0.1, -0.05) is 13.8 Å². The smallest absolute Gasteiger partial charge is 0.137 e. The van der Waals surface area contributed by atoms with Gasteiger partial charge in [-0.15, -0.1) is 0 Å². The number of halogens is 1. The number of rotatable bonds is 6. The van der Waals surface area contributed by atoms with Gasteiger partial charge in [0.1, 0.15) is 5.76 Å². The third-order valence-electron chi connectivity index (χ3n) is 1.90. The molecule has 5 heteroatoms. The fourth-order valence-electron chi connectivity index (χ4n) is 1.18. The molecule has 0 saturated carbocycles. The second-order valence-electron chi connectivity index (χ2n) is 3.78. The summed E-state index contributed by atoms with van der Waals surface area (Å²) in [6, 6.07) is 1.95. The third-order valence-corrected chi connectivity index (χ3v) is 4.02. The SMILES string of the molecule is CC(C)CSCC(NN)c1occc1Br. The van der Waals surface area contributed by atoms with E-state index in [2.05, 4.69) is 35.2 Å². The molecule has 1 atom stereocenters. The molecule has 3 N–H and O–H groups in total. The molecule has 0 aliphatic carbocycles. The van der Waals surface area contributed by atoms with E-state index >= 15 is 0 Å². The largest absolute Gasteiger partial charge is 0.466 e. The standard InChI is InChI=1S/C10H17BrN2OS/c1-7(2)5-15-6-9(13-12)10-8(11)3-4-14-10/h3-4,7,9,13H,5-6,12H2,1-2H3. The van der Waals surface area contributed by atoms with E-state index < -0.39 is 0 Å². The van der Waals surface area contributed by atoms with Crippen LogP contribution in [0.15, 0.2) is 21.2 Å². The molecule has 1 unspecified atom stereocenters. The Kier molecular flexibility index (Phi) is 5.74. The summed E-state index contributed by atoms with van der Waals surface area (Å²) in [5, 5.41) is 0. The molecule has 0 amide bonds. The van der Waals surface area contributed by atoms with Crippen molar-refractivity contribution < 1.29 is 4.42 Å². The molecule has 1 heterocycles. The first-order chi connectivity index (χ1) is 7.15. The Bertz CT molecular complexity index is 291. The maximum absolute atomic E-state index is 5.51. The van der Waals surface area contributed by atoms with Crippen LogP contribution in [0, 0.1) is 5.92 Å².